The smallest absolute Gasteiger partial charge is 0.261 e. The molecular weight excluding hydrogens is 657 g/mol. The van der Waals surface area contributed by atoms with Crippen molar-refractivity contribution in [1.29, 1.82) is 0 Å². The minimum atomic E-state index is -0.731. The van der Waals surface area contributed by atoms with E-state index in [4.69, 9.17) is 0 Å². The number of benzene rings is 7. The second-order valence-electron chi connectivity index (χ2n) is 15.3. The summed E-state index contributed by atoms with van der Waals surface area (Å²) in [7, 11) is 0. The lowest BCUT2D eigenvalue weighted by molar-refractivity contribution is 0.555. The van der Waals surface area contributed by atoms with Crippen LogP contribution < -0.4 is 5.69 Å². The molecule has 0 fully saturated rings. The maximum atomic E-state index is 15.5. The van der Waals surface area contributed by atoms with Crippen LogP contribution in [0.2, 0.25) is 0 Å². The van der Waals surface area contributed by atoms with Crippen LogP contribution in [0.5, 0.6) is 0 Å². The van der Waals surface area contributed by atoms with Gasteiger partial charge in [0.2, 0.25) is 0 Å². The Morgan fingerprint density at radius 2 is 0.944 bits per heavy atom. The van der Waals surface area contributed by atoms with Crippen LogP contribution in [0.15, 0.2) is 187 Å². The summed E-state index contributed by atoms with van der Waals surface area (Å²) in [6, 6.07) is 65.2. The van der Waals surface area contributed by atoms with E-state index in [2.05, 4.69) is 178 Å². The molecule has 7 aromatic carbocycles. The van der Waals surface area contributed by atoms with Gasteiger partial charge in [0.15, 0.2) is 0 Å². The van der Waals surface area contributed by atoms with E-state index in [0.29, 0.717) is 0 Å². The molecule has 1 aliphatic carbocycles. The highest BCUT2D eigenvalue weighted by atomic mass is 16.1. The number of hydrogen-bond acceptors (Lipinski definition) is 1. The molecule has 9 aromatic rings. The van der Waals surface area contributed by atoms with Crippen LogP contribution in [0.1, 0.15) is 47.2 Å². The van der Waals surface area contributed by atoms with Crippen molar-refractivity contribution in [3.05, 3.63) is 226 Å². The number of aromatic nitrogens is 2. The zero-order chi connectivity index (χ0) is 36.2. The second-order valence-corrected chi connectivity index (χ2v) is 15.3. The third-order valence-electron chi connectivity index (χ3n) is 12.2. The molecule has 0 saturated heterocycles. The first kappa shape index (κ1) is 30.9. The Kier molecular flexibility index (Phi) is 6.37. The van der Waals surface area contributed by atoms with Crippen molar-refractivity contribution in [2.24, 2.45) is 0 Å². The Bertz CT molecular complexity index is 2970. The molecule has 0 atom stereocenters. The van der Waals surface area contributed by atoms with E-state index in [1.165, 1.54) is 22.3 Å². The molecule has 1 spiro atoms. The van der Waals surface area contributed by atoms with Gasteiger partial charge in [-0.1, -0.05) is 159 Å². The average molecular weight is 693 g/mol. The molecular formula is C51H36N2O. The zero-order valence-electron chi connectivity index (χ0n) is 30.1. The summed E-state index contributed by atoms with van der Waals surface area (Å²) in [6.45, 7) is 4.71. The van der Waals surface area contributed by atoms with Gasteiger partial charge in [-0.15, -0.1) is 0 Å². The van der Waals surface area contributed by atoms with Crippen LogP contribution in [0.25, 0.3) is 55.6 Å². The summed E-state index contributed by atoms with van der Waals surface area (Å²) >= 11 is 0. The van der Waals surface area contributed by atoms with Gasteiger partial charge in [0, 0.05) is 10.8 Å². The fourth-order valence-corrected chi connectivity index (χ4v) is 9.83. The average Bonchev–Trinajstić information content (AvgIpc) is 3.69. The Morgan fingerprint density at radius 1 is 0.426 bits per heavy atom. The van der Waals surface area contributed by atoms with Gasteiger partial charge in [0.25, 0.3) is 0 Å². The van der Waals surface area contributed by atoms with E-state index in [-0.39, 0.29) is 11.1 Å². The van der Waals surface area contributed by atoms with Crippen LogP contribution >= 0.6 is 0 Å². The van der Waals surface area contributed by atoms with E-state index in [9.17, 15) is 0 Å². The molecule has 0 saturated carbocycles. The molecule has 1 aliphatic heterocycles. The summed E-state index contributed by atoms with van der Waals surface area (Å²) in [6.07, 6.45) is 0. The lowest BCUT2D eigenvalue weighted by Gasteiger charge is -2.50. The number of rotatable bonds is 3. The van der Waals surface area contributed by atoms with E-state index >= 15 is 4.79 Å². The summed E-state index contributed by atoms with van der Waals surface area (Å²) in [5, 5.41) is 1.05. The Morgan fingerprint density at radius 3 is 1.56 bits per heavy atom. The Labute approximate surface area is 314 Å². The van der Waals surface area contributed by atoms with Crippen molar-refractivity contribution in [2.75, 3.05) is 0 Å². The van der Waals surface area contributed by atoms with E-state index in [1.807, 2.05) is 27.2 Å². The third kappa shape index (κ3) is 3.99. The van der Waals surface area contributed by atoms with Crippen LogP contribution in [-0.2, 0) is 10.8 Å². The third-order valence-corrected chi connectivity index (χ3v) is 12.2. The highest BCUT2D eigenvalue weighted by molar-refractivity contribution is 6.03. The van der Waals surface area contributed by atoms with Gasteiger partial charge in [-0.05, 0) is 97.6 Å². The van der Waals surface area contributed by atoms with Crippen LogP contribution in [0.4, 0.5) is 0 Å². The predicted octanol–water partition coefficient (Wildman–Crippen LogP) is 11.6. The Hall–Kier alpha value is -6.71. The van der Waals surface area contributed by atoms with Gasteiger partial charge in [0.05, 0.1) is 27.8 Å². The molecule has 0 unspecified atom stereocenters. The van der Waals surface area contributed by atoms with Crippen molar-refractivity contribution < 1.29 is 0 Å². The highest BCUT2D eigenvalue weighted by Crippen LogP contribution is 2.60. The fraction of sp³-hybridized carbons (Fsp3) is 0.0784. The van der Waals surface area contributed by atoms with Gasteiger partial charge in [-0.2, -0.15) is 0 Å². The first-order valence-corrected chi connectivity index (χ1v) is 18.7. The van der Waals surface area contributed by atoms with Crippen LogP contribution in [-0.4, -0.2) is 8.97 Å². The minimum absolute atomic E-state index is 0.0728. The van der Waals surface area contributed by atoms with Gasteiger partial charge in [-0.25, -0.2) is 4.79 Å². The molecule has 256 valence electrons. The minimum Gasteiger partial charge on any atom is -0.261 e. The van der Waals surface area contributed by atoms with Crippen LogP contribution in [0, 0.1) is 0 Å². The second kappa shape index (κ2) is 11.1. The van der Waals surface area contributed by atoms with Crippen molar-refractivity contribution >= 4 is 16.4 Å². The lowest BCUT2D eigenvalue weighted by Crippen LogP contribution is -2.45. The largest absolute Gasteiger partial charge is 0.338 e. The van der Waals surface area contributed by atoms with Gasteiger partial charge in [-0.3, -0.25) is 8.97 Å². The topological polar surface area (TPSA) is 26.4 Å². The van der Waals surface area contributed by atoms with Crippen molar-refractivity contribution in [1.82, 2.24) is 8.97 Å². The molecule has 0 N–H and O–H groups in total. The monoisotopic (exact) mass is 692 g/mol. The first-order chi connectivity index (χ1) is 26.5. The molecule has 2 aliphatic rings. The maximum Gasteiger partial charge on any atom is 0.338 e. The van der Waals surface area contributed by atoms with E-state index in [1.54, 1.807) is 0 Å². The predicted molar refractivity (Wildman–Crippen MR) is 221 cm³/mol. The summed E-state index contributed by atoms with van der Waals surface area (Å²) in [4.78, 5) is 15.5. The molecule has 0 radical (unpaired) electrons. The molecule has 11 rings (SSSR count). The van der Waals surface area contributed by atoms with Crippen molar-refractivity contribution in [3.8, 4) is 39.2 Å². The molecule has 2 aromatic heterocycles. The van der Waals surface area contributed by atoms with Gasteiger partial charge in [0.1, 0.15) is 0 Å². The molecule has 0 amide bonds. The standard InChI is InChI=1S/C51H36N2O/c1-50(2)39-22-12-14-24-41(39)51(42-25-15-13-23-40(42)50)43-31-36(33-16-6-3-7-17-33)26-27-47(43)53-48-38(30-37(32-44(48)51)34-18-8-4-9-19-34)46-29-28-45(52(46)49(53)54)35-20-10-5-11-21-35/h3-32H,1-2H3. The Balaban J connectivity index is 1.41. The summed E-state index contributed by atoms with van der Waals surface area (Å²) < 4.78 is 3.94. The maximum absolute atomic E-state index is 15.5. The first-order valence-electron chi connectivity index (χ1n) is 18.7. The molecule has 0 bridgehead atoms. The van der Waals surface area contributed by atoms with Gasteiger partial charge >= 0.3 is 5.69 Å². The van der Waals surface area contributed by atoms with Crippen LogP contribution in [0.3, 0.4) is 0 Å². The number of nitrogens with zero attached hydrogens (tertiary/aromatic N) is 2. The quantitative estimate of drug-likeness (QED) is 0.181. The summed E-state index contributed by atoms with van der Waals surface area (Å²) in [5.74, 6) is 0. The molecule has 3 nitrogen and oxygen atoms in total. The van der Waals surface area contributed by atoms with E-state index < -0.39 is 5.41 Å². The number of fused-ring (bicyclic) bond motifs is 10. The van der Waals surface area contributed by atoms with E-state index in [0.717, 1.165) is 66.7 Å². The van der Waals surface area contributed by atoms with Crippen molar-refractivity contribution in [2.45, 2.75) is 24.7 Å². The van der Waals surface area contributed by atoms with Crippen molar-refractivity contribution in [3.63, 3.8) is 0 Å². The fourth-order valence-electron chi connectivity index (χ4n) is 9.83. The highest BCUT2D eigenvalue weighted by Gasteiger charge is 2.53. The lowest BCUT2D eigenvalue weighted by atomic mass is 9.53. The van der Waals surface area contributed by atoms with Gasteiger partial charge < -0.3 is 0 Å². The molecule has 3 heterocycles. The number of hydrogen-bond donors (Lipinski definition) is 0. The normalized spacial score (nSPS) is 14.5. The molecule has 3 heteroatoms. The SMILES string of the molecule is CC1(C)c2ccccc2C2(c3cc(-c4ccccc4)ccc3-n3c(=O)n4c(-c5ccccc5)ccc4c4cc(-c5ccccc5)cc2c43)c2ccccc21. The zero-order valence-corrected chi connectivity index (χ0v) is 30.1. The summed E-state index contributed by atoms with van der Waals surface area (Å²) in [5.41, 5.74) is 15.4. The molecule has 54 heavy (non-hydrogen) atoms.